The van der Waals surface area contributed by atoms with Gasteiger partial charge in [-0.15, -0.1) is 0 Å². The first-order valence-corrected chi connectivity index (χ1v) is 6.84. The zero-order valence-corrected chi connectivity index (χ0v) is 9.43. The molecule has 1 nitrogen and oxygen atoms in total. The zero-order valence-electron chi connectivity index (χ0n) is 8.62. The maximum absolute atomic E-state index is 12.0. The van der Waals surface area contributed by atoms with Crippen LogP contribution in [0.3, 0.4) is 0 Å². The Bertz CT molecular complexity index is 359. The summed E-state index contributed by atoms with van der Waals surface area (Å²) in [5.74, 6) is 1.48. The predicted molar refractivity (Wildman–Crippen MR) is 62.1 cm³/mol. The second-order valence-corrected chi connectivity index (χ2v) is 6.22. The van der Waals surface area contributed by atoms with Gasteiger partial charge in [0.2, 0.25) is 5.78 Å². The number of carbonyl (C=O) groups excluding carboxylic acids is 1. The molecule has 0 bridgehead atoms. The molecule has 1 aromatic rings. The summed E-state index contributed by atoms with van der Waals surface area (Å²) in [4.78, 5) is 12.0. The van der Waals surface area contributed by atoms with Gasteiger partial charge in [-0.2, -0.15) is 0 Å². The Labute approximate surface area is 87.9 Å². The minimum Gasteiger partial charge on any atom is -0.288 e. The van der Waals surface area contributed by atoms with E-state index in [1.807, 2.05) is 18.2 Å². The van der Waals surface area contributed by atoms with Crippen molar-refractivity contribution in [3.8, 4) is 0 Å². The molecule has 0 N–H and O–H groups in total. The van der Waals surface area contributed by atoms with Crippen molar-refractivity contribution in [1.82, 2.24) is 0 Å². The van der Waals surface area contributed by atoms with Crippen LogP contribution in [0.4, 0.5) is 0 Å². The molecule has 0 saturated carbocycles. The summed E-state index contributed by atoms with van der Waals surface area (Å²) in [5, 5.41) is 0.261. The average molecular weight is 207 g/mol. The molecule has 2 rings (SSSR count). The van der Waals surface area contributed by atoms with Crippen LogP contribution in [0.25, 0.3) is 0 Å². The molecule has 14 heavy (non-hydrogen) atoms. The summed E-state index contributed by atoms with van der Waals surface area (Å²) in [5.41, 5.74) is 2.21. The van der Waals surface area contributed by atoms with Crippen LogP contribution in [0, 0.1) is 0 Å². The molecule has 0 fully saturated rings. The van der Waals surface area contributed by atoms with Gasteiger partial charge in [-0.25, -0.2) is 0 Å². The van der Waals surface area contributed by atoms with E-state index < -0.39 is 0 Å². The van der Waals surface area contributed by atoms with Crippen molar-refractivity contribution in [2.24, 2.45) is 0 Å². The first-order valence-electron chi connectivity index (χ1n) is 4.97. The Morgan fingerprint density at radius 3 is 2.79 bits per heavy atom. The van der Waals surface area contributed by atoms with Crippen LogP contribution in [0.2, 0.25) is 0 Å². The Hall–Kier alpha value is -0.760. The van der Waals surface area contributed by atoms with Gasteiger partial charge in [-0.3, -0.25) is 4.79 Å². The predicted octanol–water partition coefficient (Wildman–Crippen LogP) is 2.06. The lowest BCUT2D eigenvalue weighted by molar-refractivity contribution is 0.0999. The number of Topliss-reactive ketones (excluding diaryl/α,β-unsaturated/α-hetero) is 1. The van der Waals surface area contributed by atoms with Crippen LogP contribution < -0.4 is 0 Å². The largest absolute Gasteiger partial charge is 0.288 e. The van der Waals surface area contributed by atoms with E-state index >= 15 is 0 Å². The zero-order chi connectivity index (χ0) is 10.1. The van der Waals surface area contributed by atoms with Crippen LogP contribution in [0.15, 0.2) is 24.3 Å². The number of benzene rings is 1. The second kappa shape index (κ2) is 3.77. The summed E-state index contributed by atoms with van der Waals surface area (Å²) >= 11 is 0. The molecular formula is C12H15OS+. The van der Waals surface area contributed by atoms with Gasteiger partial charge >= 0.3 is 0 Å². The van der Waals surface area contributed by atoms with Crippen LogP contribution in [-0.4, -0.2) is 23.0 Å². The second-order valence-electron chi connectivity index (χ2n) is 3.69. The first-order chi connectivity index (χ1) is 6.74. The highest BCUT2D eigenvalue weighted by molar-refractivity contribution is 7.97. The van der Waals surface area contributed by atoms with Crippen molar-refractivity contribution in [2.75, 3.05) is 12.0 Å². The lowest BCUT2D eigenvalue weighted by Gasteiger charge is -2.05. The van der Waals surface area contributed by atoms with Gasteiger partial charge < -0.3 is 0 Å². The normalized spacial score (nSPS) is 22.1. The van der Waals surface area contributed by atoms with Gasteiger partial charge in [0, 0.05) is 12.0 Å². The number of rotatable bonds is 2. The van der Waals surface area contributed by atoms with Crippen molar-refractivity contribution >= 4 is 16.7 Å². The third kappa shape index (κ3) is 1.48. The lowest BCUT2D eigenvalue weighted by Crippen LogP contribution is -2.28. The van der Waals surface area contributed by atoms with Crippen LogP contribution in [-0.2, 0) is 17.3 Å². The van der Waals surface area contributed by atoms with Gasteiger partial charge in [0.25, 0.3) is 0 Å². The molecule has 0 heterocycles. The number of fused-ring (bicyclic) bond motifs is 1. The van der Waals surface area contributed by atoms with E-state index in [9.17, 15) is 4.79 Å². The van der Waals surface area contributed by atoms with Gasteiger partial charge in [0.1, 0.15) is 5.75 Å². The number of ketones is 1. The molecule has 74 valence electrons. The SMILES string of the molecule is CC[S+](C)C1Cc2ccccc2C1=O. The molecule has 1 aromatic carbocycles. The first kappa shape index (κ1) is 9.78. The van der Waals surface area contributed by atoms with Crippen LogP contribution >= 0.6 is 0 Å². The Morgan fingerprint density at radius 1 is 1.43 bits per heavy atom. The minimum atomic E-state index is 0.242. The summed E-state index contributed by atoms with van der Waals surface area (Å²) in [7, 11) is 0.242. The highest BCUT2D eigenvalue weighted by Crippen LogP contribution is 2.26. The van der Waals surface area contributed by atoms with Crippen molar-refractivity contribution in [1.29, 1.82) is 0 Å². The van der Waals surface area contributed by atoms with Crippen LogP contribution in [0.1, 0.15) is 22.8 Å². The van der Waals surface area contributed by atoms with E-state index in [0.717, 1.165) is 17.7 Å². The summed E-state index contributed by atoms with van der Waals surface area (Å²) < 4.78 is 0. The molecule has 1 aliphatic carbocycles. The van der Waals surface area contributed by atoms with Gasteiger partial charge in [-0.05, 0) is 23.4 Å². The number of hydrogen-bond acceptors (Lipinski definition) is 1. The molecule has 1 aliphatic rings. The van der Waals surface area contributed by atoms with Crippen molar-refractivity contribution in [3.63, 3.8) is 0 Å². The van der Waals surface area contributed by atoms with Crippen LogP contribution in [0.5, 0.6) is 0 Å². The standard InChI is InChI=1S/C12H15OS/c1-3-14(2)11-8-9-6-4-5-7-10(9)12(11)13/h4-7,11H,3,8H2,1-2H3/q+1. The monoisotopic (exact) mass is 207 g/mol. The van der Waals surface area contributed by atoms with Gasteiger partial charge in [0.05, 0.1) is 6.26 Å². The molecule has 2 unspecified atom stereocenters. The topological polar surface area (TPSA) is 17.1 Å². The van der Waals surface area contributed by atoms with Crippen molar-refractivity contribution < 1.29 is 4.79 Å². The number of carbonyl (C=O) groups is 1. The highest BCUT2D eigenvalue weighted by atomic mass is 32.2. The molecule has 0 radical (unpaired) electrons. The molecule has 0 saturated heterocycles. The third-order valence-electron chi connectivity index (χ3n) is 2.92. The lowest BCUT2D eigenvalue weighted by atomic mass is 10.1. The maximum Gasteiger partial charge on any atom is 0.215 e. The molecule has 2 heteroatoms. The molecule has 0 aliphatic heterocycles. The fraction of sp³-hybridized carbons (Fsp3) is 0.417. The van der Waals surface area contributed by atoms with Gasteiger partial charge in [0.15, 0.2) is 5.25 Å². The van der Waals surface area contributed by atoms with E-state index in [2.05, 4.69) is 19.2 Å². The highest BCUT2D eigenvalue weighted by Gasteiger charge is 2.39. The molecule has 0 aromatic heterocycles. The van der Waals surface area contributed by atoms with E-state index in [1.54, 1.807) is 0 Å². The van der Waals surface area contributed by atoms with E-state index in [-0.39, 0.29) is 16.1 Å². The molecular weight excluding hydrogens is 192 g/mol. The van der Waals surface area contributed by atoms with E-state index in [0.29, 0.717) is 5.78 Å². The summed E-state index contributed by atoms with van der Waals surface area (Å²) in [6.45, 7) is 2.17. The summed E-state index contributed by atoms with van der Waals surface area (Å²) in [6.07, 6.45) is 3.16. The fourth-order valence-electron chi connectivity index (χ4n) is 1.93. The maximum atomic E-state index is 12.0. The summed E-state index contributed by atoms with van der Waals surface area (Å²) in [6, 6.07) is 8.03. The Kier molecular flexibility index (Phi) is 2.64. The Balaban J connectivity index is 2.30. The quantitative estimate of drug-likeness (QED) is 0.678. The van der Waals surface area contributed by atoms with E-state index in [1.165, 1.54) is 5.56 Å². The van der Waals surface area contributed by atoms with E-state index in [4.69, 9.17) is 0 Å². The van der Waals surface area contributed by atoms with Crippen molar-refractivity contribution in [3.05, 3.63) is 35.4 Å². The van der Waals surface area contributed by atoms with Crippen molar-refractivity contribution in [2.45, 2.75) is 18.6 Å². The molecule has 0 spiro atoms. The fourth-order valence-corrected chi connectivity index (χ4v) is 3.29. The van der Waals surface area contributed by atoms with Gasteiger partial charge in [-0.1, -0.05) is 24.3 Å². The minimum absolute atomic E-state index is 0.242. The average Bonchev–Trinajstić information content (AvgIpc) is 2.56. The molecule has 0 amide bonds. The third-order valence-corrected chi connectivity index (χ3v) is 5.18. The Morgan fingerprint density at radius 2 is 2.14 bits per heavy atom. The molecule has 2 atom stereocenters. The smallest absolute Gasteiger partial charge is 0.215 e. The number of hydrogen-bond donors (Lipinski definition) is 0.